The minimum atomic E-state index is -1.24. The van der Waals surface area contributed by atoms with Crippen LogP contribution in [0.1, 0.15) is 27.2 Å². The molecule has 0 amide bonds. The predicted molar refractivity (Wildman–Crippen MR) is 42.2 cm³/mol. The molecule has 70 valence electrons. The Morgan fingerprint density at radius 3 is 2.17 bits per heavy atom. The van der Waals surface area contributed by atoms with E-state index in [1.54, 1.807) is 6.92 Å². The fourth-order valence-electron chi connectivity index (χ4n) is 0.452. The highest BCUT2D eigenvalue weighted by Gasteiger charge is 2.19. The molecule has 0 rings (SSSR count). The van der Waals surface area contributed by atoms with Gasteiger partial charge in [-0.2, -0.15) is 0 Å². The van der Waals surface area contributed by atoms with E-state index in [2.05, 4.69) is 4.74 Å². The molecule has 0 saturated carbocycles. The number of aliphatic hydroxyl groups excluding tert-OH is 1. The van der Waals surface area contributed by atoms with Gasteiger partial charge in [0.2, 0.25) is 0 Å². The monoisotopic (exact) mass is 174 g/mol. The summed E-state index contributed by atoms with van der Waals surface area (Å²) in [6.45, 7) is 4.74. The van der Waals surface area contributed by atoms with Crippen LogP contribution in [0.4, 0.5) is 0 Å². The topological polar surface area (TPSA) is 63.6 Å². The second-order valence-electron chi connectivity index (χ2n) is 2.73. The van der Waals surface area contributed by atoms with Gasteiger partial charge in [0.25, 0.3) is 0 Å². The Bertz CT molecular complexity index is 174. The quantitative estimate of drug-likeness (QED) is 0.499. The van der Waals surface area contributed by atoms with Crippen molar-refractivity contribution < 1.29 is 19.4 Å². The lowest BCUT2D eigenvalue weighted by Gasteiger charge is -2.08. The van der Waals surface area contributed by atoms with Gasteiger partial charge in [-0.1, -0.05) is 13.8 Å². The van der Waals surface area contributed by atoms with Gasteiger partial charge in [-0.15, -0.1) is 0 Å². The lowest BCUT2D eigenvalue weighted by molar-refractivity contribution is -0.167. The molecule has 0 aromatic carbocycles. The van der Waals surface area contributed by atoms with E-state index in [0.29, 0.717) is 6.42 Å². The van der Waals surface area contributed by atoms with E-state index in [-0.39, 0.29) is 5.92 Å². The molecule has 0 aliphatic rings. The smallest absolute Gasteiger partial charge is 0.342 e. The molecule has 0 bridgehead atoms. The zero-order valence-corrected chi connectivity index (χ0v) is 7.53. The van der Waals surface area contributed by atoms with Gasteiger partial charge in [0.1, 0.15) is 6.10 Å². The van der Waals surface area contributed by atoms with Crippen molar-refractivity contribution in [2.75, 3.05) is 0 Å². The van der Waals surface area contributed by atoms with Crippen molar-refractivity contribution in [3.8, 4) is 0 Å². The van der Waals surface area contributed by atoms with Gasteiger partial charge in [-0.25, -0.2) is 4.79 Å². The van der Waals surface area contributed by atoms with E-state index in [1.807, 2.05) is 6.92 Å². The molecule has 12 heavy (non-hydrogen) atoms. The SMILES string of the molecule is CCC(C)C(=O)OC(=O)C(C)O. The van der Waals surface area contributed by atoms with Crippen LogP contribution in [0.15, 0.2) is 0 Å². The van der Waals surface area contributed by atoms with Crippen LogP contribution in [-0.4, -0.2) is 23.1 Å². The van der Waals surface area contributed by atoms with Crippen molar-refractivity contribution in [3.63, 3.8) is 0 Å². The molecule has 0 spiro atoms. The molecular weight excluding hydrogens is 160 g/mol. The van der Waals surface area contributed by atoms with E-state index in [4.69, 9.17) is 5.11 Å². The summed E-state index contributed by atoms with van der Waals surface area (Å²) in [6.07, 6.45) is -0.621. The molecule has 2 atom stereocenters. The van der Waals surface area contributed by atoms with Crippen molar-refractivity contribution in [1.29, 1.82) is 0 Å². The van der Waals surface area contributed by atoms with Gasteiger partial charge >= 0.3 is 11.9 Å². The van der Waals surface area contributed by atoms with Crippen LogP contribution in [0, 0.1) is 5.92 Å². The number of aliphatic hydroxyl groups is 1. The zero-order valence-electron chi connectivity index (χ0n) is 7.53. The Morgan fingerprint density at radius 1 is 1.33 bits per heavy atom. The second-order valence-corrected chi connectivity index (χ2v) is 2.73. The summed E-state index contributed by atoms with van der Waals surface area (Å²) in [4.78, 5) is 21.6. The largest absolute Gasteiger partial charge is 0.391 e. The maximum absolute atomic E-state index is 10.9. The number of carbonyl (C=O) groups is 2. The van der Waals surface area contributed by atoms with Crippen LogP contribution >= 0.6 is 0 Å². The van der Waals surface area contributed by atoms with Crippen LogP contribution in [0.2, 0.25) is 0 Å². The van der Waals surface area contributed by atoms with Crippen molar-refractivity contribution in [2.24, 2.45) is 5.92 Å². The van der Waals surface area contributed by atoms with Gasteiger partial charge in [0.05, 0.1) is 5.92 Å². The highest BCUT2D eigenvalue weighted by molar-refractivity contribution is 5.88. The Morgan fingerprint density at radius 2 is 1.83 bits per heavy atom. The molecular formula is C8H14O4. The van der Waals surface area contributed by atoms with Crippen molar-refractivity contribution in [2.45, 2.75) is 33.3 Å². The van der Waals surface area contributed by atoms with Gasteiger partial charge < -0.3 is 9.84 Å². The molecule has 0 radical (unpaired) electrons. The van der Waals surface area contributed by atoms with Crippen molar-refractivity contribution >= 4 is 11.9 Å². The summed E-state index contributed by atoms with van der Waals surface area (Å²) >= 11 is 0. The standard InChI is InChI=1S/C8H14O4/c1-4-5(2)7(10)12-8(11)6(3)9/h5-6,9H,4H2,1-3H3. The summed E-state index contributed by atoms with van der Waals surface area (Å²) in [7, 11) is 0. The number of hydrogen-bond acceptors (Lipinski definition) is 4. The third-order valence-electron chi connectivity index (χ3n) is 1.56. The number of hydrogen-bond donors (Lipinski definition) is 1. The molecule has 0 heterocycles. The fourth-order valence-corrected chi connectivity index (χ4v) is 0.452. The van der Waals surface area contributed by atoms with E-state index >= 15 is 0 Å². The number of rotatable bonds is 3. The van der Waals surface area contributed by atoms with E-state index in [9.17, 15) is 9.59 Å². The van der Waals surface area contributed by atoms with Gasteiger partial charge in [0.15, 0.2) is 0 Å². The van der Waals surface area contributed by atoms with E-state index in [1.165, 1.54) is 6.92 Å². The number of esters is 2. The third-order valence-corrected chi connectivity index (χ3v) is 1.56. The van der Waals surface area contributed by atoms with Crippen molar-refractivity contribution in [3.05, 3.63) is 0 Å². The Labute approximate surface area is 71.5 Å². The summed E-state index contributed by atoms with van der Waals surface area (Å²) in [6, 6.07) is 0. The Balaban J connectivity index is 3.93. The molecule has 0 aromatic heterocycles. The minimum Gasteiger partial charge on any atom is -0.391 e. The summed E-state index contributed by atoms with van der Waals surface area (Å²) < 4.78 is 4.34. The van der Waals surface area contributed by atoms with Crippen LogP contribution in [0.3, 0.4) is 0 Å². The van der Waals surface area contributed by atoms with Crippen LogP contribution in [-0.2, 0) is 14.3 Å². The van der Waals surface area contributed by atoms with E-state index < -0.39 is 18.0 Å². The Kier molecular flexibility index (Phi) is 4.51. The average molecular weight is 174 g/mol. The first-order valence-corrected chi connectivity index (χ1v) is 3.92. The van der Waals surface area contributed by atoms with Crippen molar-refractivity contribution in [1.82, 2.24) is 0 Å². The first-order valence-electron chi connectivity index (χ1n) is 3.92. The summed E-state index contributed by atoms with van der Waals surface area (Å²) in [5.74, 6) is -1.77. The molecule has 4 heteroatoms. The molecule has 2 unspecified atom stereocenters. The molecule has 0 saturated heterocycles. The van der Waals surface area contributed by atoms with Gasteiger partial charge in [-0.05, 0) is 13.3 Å². The van der Waals surface area contributed by atoms with Crippen LogP contribution in [0.25, 0.3) is 0 Å². The molecule has 1 N–H and O–H groups in total. The van der Waals surface area contributed by atoms with Crippen LogP contribution in [0.5, 0.6) is 0 Å². The Hall–Kier alpha value is -0.900. The first-order chi connectivity index (χ1) is 5.49. The number of ether oxygens (including phenoxy) is 1. The highest BCUT2D eigenvalue weighted by atomic mass is 16.6. The van der Waals surface area contributed by atoms with Crippen LogP contribution < -0.4 is 0 Å². The van der Waals surface area contributed by atoms with E-state index in [0.717, 1.165) is 0 Å². The maximum atomic E-state index is 10.9. The van der Waals surface area contributed by atoms with Gasteiger partial charge in [-0.3, -0.25) is 4.79 Å². The summed E-state index contributed by atoms with van der Waals surface area (Å²) in [5.41, 5.74) is 0. The summed E-state index contributed by atoms with van der Waals surface area (Å²) in [5, 5.41) is 8.70. The normalized spacial score (nSPS) is 15.0. The zero-order chi connectivity index (χ0) is 9.72. The fraction of sp³-hybridized carbons (Fsp3) is 0.750. The minimum absolute atomic E-state index is 0.298. The van der Waals surface area contributed by atoms with Gasteiger partial charge in [0, 0.05) is 0 Å². The lowest BCUT2D eigenvalue weighted by Crippen LogP contribution is -2.25. The molecule has 0 fully saturated rings. The average Bonchev–Trinajstić information content (AvgIpc) is 2.02. The maximum Gasteiger partial charge on any atom is 0.342 e. The molecule has 0 aliphatic heterocycles. The molecule has 4 nitrogen and oxygen atoms in total. The third kappa shape index (κ3) is 3.48. The predicted octanol–water partition coefficient (Wildman–Crippen LogP) is 0.483. The lowest BCUT2D eigenvalue weighted by atomic mass is 10.1. The highest BCUT2D eigenvalue weighted by Crippen LogP contribution is 2.03. The first kappa shape index (κ1) is 11.1. The number of carbonyl (C=O) groups excluding carboxylic acids is 2. The molecule has 0 aliphatic carbocycles. The second kappa shape index (κ2) is 4.87. The molecule has 0 aromatic rings.